The Hall–Kier alpha value is -0.810. The number of hydrogen-bond acceptors (Lipinski definition) is 4. The van der Waals surface area contributed by atoms with Gasteiger partial charge in [-0.2, -0.15) is 0 Å². The predicted octanol–water partition coefficient (Wildman–Crippen LogP) is 1.37. The maximum Gasteiger partial charge on any atom is 0.208 e. The second-order valence-corrected chi connectivity index (χ2v) is 3.96. The lowest BCUT2D eigenvalue weighted by atomic mass is 10.3. The Morgan fingerprint density at radius 3 is 3.00 bits per heavy atom. The van der Waals surface area contributed by atoms with Gasteiger partial charge in [0.05, 0.1) is 0 Å². The Bertz CT molecular complexity index is 295. The summed E-state index contributed by atoms with van der Waals surface area (Å²) in [5.74, 6) is 1.72. The van der Waals surface area contributed by atoms with Crippen molar-refractivity contribution in [3.63, 3.8) is 0 Å². The number of aryl methyl sites for hydroxylation is 1. The van der Waals surface area contributed by atoms with Crippen molar-refractivity contribution in [1.29, 1.82) is 0 Å². The number of H-pyrrole nitrogens is 1. The minimum absolute atomic E-state index is 0.792. The largest absolute Gasteiger partial charge is 0.313 e. The molecule has 1 rings (SSSR count). The van der Waals surface area contributed by atoms with Crippen molar-refractivity contribution in [2.75, 3.05) is 18.8 Å². The summed E-state index contributed by atoms with van der Waals surface area (Å²) in [4.78, 5) is 4.20. The van der Waals surface area contributed by atoms with Gasteiger partial charge in [-0.15, -0.1) is 5.10 Å². The number of thioether (sulfide) groups is 1. The molecule has 0 fully saturated rings. The van der Waals surface area contributed by atoms with E-state index >= 15 is 0 Å². The molecule has 1 heterocycles. The van der Waals surface area contributed by atoms with E-state index in [0.29, 0.717) is 0 Å². The first kappa shape index (κ1) is 11.3. The number of nitrogens with zero attached hydrogens (tertiary/aromatic N) is 2. The van der Waals surface area contributed by atoms with Crippen LogP contribution in [-0.4, -0.2) is 34.0 Å². The van der Waals surface area contributed by atoms with Gasteiger partial charge in [-0.1, -0.05) is 30.8 Å². The number of likely N-dealkylation sites (N-methyl/N-ethyl adjacent to an activating group) is 1. The topological polar surface area (TPSA) is 53.6 Å². The van der Waals surface area contributed by atoms with Crippen LogP contribution in [0.3, 0.4) is 0 Å². The summed E-state index contributed by atoms with van der Waals surface area (Å²) in [6.07, 6.45) is 0. The van der Waals surface area contributed by atoms with Crippen molar-refractivity contribution < 1.29 is 0 Å². The van der Waals surface area contributed by atoms with E-state index in [1.54, 1.807) is 11.8 Å². The third-order valence-corrected chi connectivity index (χ3v) is 2.60. The highest BCUT2D eigenvalue weighted by Crippen LogP contribution is 2.14. The van der Waals surface area contributed by atoms with E-state index < -0.39 is 0 Å². The number of hydrogen-bond donors (Lipinski definition) is 2. The summed E-state index contributed by atoms with van der Waals surface area (Å²) < 4.78 is 0. The molecule has 0 bridgehead atoms. The predicted molar refractivity (Wildman–Crippen MR) is 59.5 cm³/mol. The van der Waals surface area contributed by atoms with E-state index in [1.165, 1.54) is 5.57 Å². The highest BCUT2D eigenvalue weighted by Gasteiger charge is 2.01. The molecule has 5 heteroatoms. The van der Waals surface area contributed by atoms with Crippen LogP contribution in [-0.2, 0) is 0 Å². The first-order valence-electron chi connectivity index (χ1n) is 4.61. The standard InChI is InChI=1S/C9H16N4S/c1-4-10-5-7(2)6-14-9-11-8(3)12-13-9/h10H,2,4-6H2,1,3H3,(H,11,12,13). The normalized spacial score (nSPS) is 10.4. The molecule has 0 saturated heterocycles. The molecule has 1 aromatic rings. The summed E-state index contributed by atoms with van der Waals surface area (Å²) in [5.41, 5.74) is 1.17. The summed E-state index contributed by atoms with van der Waals surface area (Å²) in [7, 11) is 0. The third-order valence-electron chi connectivity index (χ3n) is 1.61. The van der Waals surface area contributed by atoms with Gasteiger partial charge in [-0.3, -0.25) is 5.10 Å². The van der Waals surface area contributed by atoms with Crippen LogP contribution in [0.5, 0.6) is 0 Å². The van der Waals surface area contributed by atoms with Gasteiger partial charge in [0.15, 0.2) is 0 Å². The monoisotopic (exact) mass is 212 g/mol. The van der Waals surface area contributed by atoms with Crippen LogP contribution < -0.4 is 5.32 Å². The summed E-state index contributed by atoms with van der Waals surface area (Å²) in [6.45, 7) is 9.78. The zero-order chi connectivity index (χ0) is 10.4. The van der Waals surface area contributed by atoms with Gasteiger partial charge >= 0.3 is 0 Å². The maximum absolute atomic E-state index is 4.20. The fourth-order valence-electron chi connectivity index (χ4n) is 0.906. The third kappa shape index (κ3) is 3.93. The summed E-state index contributed by atoms with van der Waals surface area (Å²) in [5, 5.41) is 10.9. The summed E-state index contributed by atoms with van der Waals surface area (Å²) in [6, 6.07) is 0. The Morgan fingerprint density at radius 1 is 1.64 bits per heavy atom. The van der Waals surface area contributed by atoms with E-state index in [4.69, 9.17) is 0 Å². The average Bonchev–Trinajstić information content (AvgIpc) is 2.58. The molecule has 0 amide bonds. The van der Waals surface area contributed by atoms with Crippen LogP contribution in [0.25, 0.3) is 0 Å². The molecule has 78 valence electrons. The first-order chi connectivity index (χ1) is 6.72. The van der Waals surface area contributed by atoms with Gasteiger partial charge in [-0.25, -0.2) is 4.98 Å². The average molecular weight is 212 g/mol. The van der Waals surface area contributed by atoms with Crippen molar-refractivity contribution in [1.82, 2.24) is 20.5 Å². The first-order valence-corrected chi connectivity index (χ1v) is 5.60. The zero-order valence-electron chi connectivity index (χ0n) is 8.63. The number of nitrogens with one attached hydrogen (secondary N) is 2. The molecule has 0 radical (unpaired) electrons. The van der Waals surface area contributed by atoms with E-state index in [1.807, 2.05) is 6.92 Å². The van der Waals surface area contributed by atoms with Crippen LogP contribution in [0.15, 0.2) is 17.3 Å². The Kier molecular flexibility index (Phi) is 4.69. The minimum atomic E-state index is 0.792. The highest BCUT2D eigenvalue weighted by molar-refractivity contribution is 7.99. The Labute approximate surface area is 88.6 Å². The molecular formula is C9H16N4S. The highest BCUT2D eigenvalue weighted by atomic mass is 32.2. The van der Waals surface area contributed by atoms with Crippen molar-refractivity contribution in [3.8, 4) is 0 Å². The van der Waals surface area contributed by atoms with Crippen LogP contribution in [0.2, 0.25) is 0 Å². The van der Waals surface area contributed by atoms with E-state index in [-0.39, 0.29) is 0 Å². The molecule has 1 aromatic heterocycles. The number of aromatic amines is 1. The fraction of sp³-hybridized carbons (Fsp3) is 0.556. The lowest BCUT2D eigenvalue weighted by Gasteiger charge is -2.03. The molecule has 0 unspecified atom stereocenters. The molecule has 0 aliphatic rings. The van der Waals surface area contributed by atoms with Crippen LogP contribution in [0, 0.1) is 6.92 Å². The molecule has 0 aliphatic heterocycles. The molecule has 0 atom stereocenters. The van der Waals surface area contributed by atoms with Gasteiger partial charge in [0.1, 0.15) is 5.82 Å². The maximum atomic E-state index is 4.20. The van der Waals surface area contributed by atoms with Gasteiger partial charge in [0, 0.05) is 12.3 Å². The molecular weight excluding hydrogens is 196 g/mol. The molecule has 0 saturated carbocycles. The molecule has 4 nitrogen and oxygen atoms in total. The Morgan fingerprint density at radius 2 is 2.43 bits per heavy atom. The van der Waals surface area contributed by atoms with E-state index in [0.717, 1.165) is 29.8 Å². The molecule has 2 N–H and O–H groups in total. The fourth-order valence-corrected chi connectivity index (χ4v) is 1.65. The smallest absolute Gasteiger partial charge is 0.208 e. The summed E-state index contributed by atoms with van der Waals surface area (Å²) >= 11 is 1.61. The van der Waals surface area contributed by atoms with Gasteiger partial charge in [0.25, 0.3) is 0 Å². The van der Waals surface area contributed by atoms with Gasteiger partial charge < -0.3 is 5.32 Å². The van der Waals surface area contributed by atoms with Crippen molar-refractivity contribution in [2.45, 2.75) is 19.0 Å². The molecule has 14 heavy (non-hydrogen) atoms. The van der Waals surface area contributed by atoms with Crippen LogP contribution in [0.1, 0.15) is 12.7 Å². The van der Waals surface area contributed by atoms with Crippen LogP contribution in [0.4, 0.5) is 0 Å². The lowest BCUT2D eigenvalue weighted by Crippen LogP contribution is -2.16. The lowest BCUT2D eigenvalue weighted by molar-refractivity contribution is 0.779. The van der Waals surface area contributed by atoms with E-state index in [9.17, 15) is 0 Å². The SMILES string of the molecule is C=C(CNCC)CSc1n[nH]c(C)n1. The van der Waals surface area contributed by atoms with E-state index in [2.05, 4.69) is 34.0 Å². The Balaban J connectivity index is 2.23. The van der Waals surface area contributed by atoms with Gasteiger partial charge in [-0.05, 0) is 13.5 Å². The number of aromatic nitrogens is 3. The second-order valence-electron chi connectivity index (χ2n) is 3.02. The quantitative estimate of drug-likeness (QED) is 0.552. The molecule has 0 aliphatic carbocycles. The minimum Gasteiger partial charge on any atom is -0.313 e. The van der Waals surface area contributed by atoms with Crippen molar-refractivity contribution in [3.05, 3.63) is 18.0 Å². The van der Waals surface area contributed by atoms with Crippen LogP contribution >= 0.6 is 11.8 Å². The number of rotatable bonds is 6. The molecule has 0 spiro atoms. The van der Waals surface area contributed by atoms with Gasteiger partial charge in [0.2, 0.25) is 5.16 Å². The molecule has 0 aromatic carbocycles. The van der Waals surface area contributed by atoms with Crippen molar-refractivity contribution >= 4 is 11.8 Å². The second kappa shape index (κ2) is 5.82. The zero-order valence-corrected chi connectivity index (χ0v) is 9.45. The van der Waals surface area contributed by atoms with Crippen molar-refractivity contribution in [2.24, 2.45) is 0 Å².